The largest absolute Gasteiger partial charge is 0.424 e. The fourth-order valence-corrected chi connectivity index (χ4v) is 4.03. The molecule has 0 spiro atoms. The molecule has 4 N–H and O–H groups in total. The van der Waals surface area contributed by atoms with Crippen LogP contribution in [0.15, 0.2) is 47.0 Å². The summed E-state index contributed by atoms with van der Waals surface area (Å²) < 4.78 is 8.70. The van der Waals surface area contributed by atoms with Crippen LogP contribution in [0.25, 0.3) is 22.6 Å². The number of nitrogens with two attached hydrogens (primary N) is 2. The second kappa shape index (κ2) is 8.63. The third kappa shape index (κ3) is 3.99. The van der Waals surface area contributed by atoms with Gasteiger partial charge in [0.1, 0.15) is 17.9 Å². The van der Waals surface area contributed by atoms with Crippen LogP contribution in [0.3, 0.4) is 0 Å². The number of aryl methyl sites for hydroxylation is 2. The zero-order chi connectivity index (χ0) is 23.8. The number of aromatic nitrogens is 7. The van der Waals surface area contributed by atoms with Crippen LogP contribution in [0.1, 0.15) is 22.9 Å². The number of benzene rings is 1. The molecule has 4 heterocycles. The molecule has 172 valence electrons. The van der Waals surface area contributed by atoms with Crippen molar-refractivity contribution in [2.75, 3.05) is 15.8 Å². The summed E-state index contributed by atoms with van der Waals surface area (Å²) in [7, 11) is 0. The quantitative estimate of drug-likeness (QED) is 0.313. The highest BCUT2D eigenvalue weighted by Gasteiger charge is 2.22. The summed E-state index contributed by atoms with van der Waals surface area (Å²) in [6.45, 7) is 4.51. The topological polar surface area (TPSA) is 151 Å². The summed E-state index contributed by atoms with van der Waals surface area (Å²) in [5.41, 5.74) is 16.5. The Hall–Kier alpha value is -4.19. The first-order valence-electron chi connectivity index (χ1n) is 10.5. The third-order valence-corrected chi connectivity index (χ3v) is 5.69. The highest BCUT2D eigenvalue weighted by atomic mass is 32.1. The molecular weight excluding hydrogens is 452 g/mol. The summed E-state index contributed by atoms with van der Waals surface area (Å²) in [4.78, 5) is 13.5. The van der Waals surface area contributed by atoms with Crippen LogP contribution >= 0.6 is 12.8 Å². The van der Waals surface area contributed by atoms with Crippen molar-refractivity contribution in [2.45, 2.75) is 26.9 Å². The van der Waals surface area contributed by atoms with Crippen molar-refractivity contribution < 1.29 is 4.42 Å². The fraction of sp³-hybridized carbons (Fsp3) is 0.182. The minimum atomic E-state index is 0.152. The van der Waals surface area contributed by atoms with Gasteiger partial charge in [-0.05, 0) is 30.2 Å². The van der Waals surface area contributed by atoms with E-state index in [-0.39, 0.29) is 18.2 Å². The SMILES string of the molecule is Cc1nnc(CN(S)c2c(N)nc(-c3nn(Cc4ccccc4C)c4ncccc34)nc2N)o1. The molecule has 5 rings (SSSR count). The van der Waals surface area contributed by atoms with E-state index in [1.807, 2.05) is 28.9 Å². The van der Waals surface area contributed by atoms with Crippen LogP contribution in [0.5, 0.6) is 0 Å². The summed E-state index contributed by atoms with van der Waals surface area (Å²) in [5, 5.41) is 13.3. The maximum absolute atomic E-state index is 6.28. The van der Waals surface area contributed by atoms with Crippen molar-refractivity contribution in [3.8, 4) is 11.5 Å². The maximum Gasteiger partial charge on any atom is 0.236 e. The molecule has 11 nitrogen and oxygen atoms in total. The van der Waals surface area contributed by atoms with Gasteiger partial charge < -0.3 is 20.2 Å². The van der Waals surface area contributed by atoms with E-state index in [9.17, 15) is 0 Å². The van der Waals surface area contributed by atoms with Crippen molar-refractivity contribution in [1.82, 2.24) is 34.9 Å². The average Bonchev–Trinajstić information content (AvgIpc) is 3.38. The van der Waals surface area contributed by atoms with Gasteiger partial charge >= 0.3 is 0 Å². The second-order valence-corrected chi connectivity index (χ2v) is 8.23. The first-order chi connectivity index (χ1) is 16.4. The number of nitrogens with zero attached hydrogens (tertiary/aromatic N) is 8. The molecular formula is C22H22N10OS. The molecule has 1 aromatic carbocycles. The molecule has 0 radical (unpaired) electrons. The lowest BCUT2D eigenvalue weighted by Crippen LogP contribution is -2.16. The van der Waals surface area contributed by atoms with E-state index in [0.29, 0.717) is 41.2 Å². The number of hydrogen-bond acceptors (Lipinski definition) is 11. The van der Waals surface area contributed by atoms with Gasteiger partial charge in [0.15, 0.2) is 23.1 Å². The maximum atomic E-state index is 6.28. The number of rotatable bonds is 6. The van der Waals surface area contributed by atoms with Crippen LogP contribution in [0.2, 0.25) is 0 Å². The van der Waals surface area contributed by atoms with Crippen LogP contribution in [-0.2, 0) is 13.1 Å². The Morgan fingerprint density at radius 3 is 2.50 bits per heavy atom. The molecule has 0 bridgehead atoms. The highest BCUT2D eigenvalue weighted by Crippen LogP contribution is 2.34. The molecule has 0 aliphatic heterocycles. The second-order valence-electron chi connectivity index (χ2n) is 7.75. The van der Waals surface area contributed by atoms with Crippen LogP contribution in [0, 0.1) is 13.8 Å². The van der Waals surface area contributed by atoms with E-state index in [4.69, 9.17) is 21.0 Å². The van der Waals surface area contributed by atoms with Crippen molar-refractivity contribution in [1.29, 1.82) is 0 Å². The summed E-state index contributed by atoms with van der Waals surface area (Å²) in [5.74, 6) is 1.42. The lowest BCUT2D eigenvalue weighted by Gasteiger charge is -2.18. The zero-order valence-corrected chi connectivity index (χ0v) is 19.4. The van der Waals surface area contributed by atoms with Gasteiger partial charge in [0.25, 0.3) is 0 Å². The van der Waals surface area contributed by atoms with E-state index in [2.05, 4.69) is 57.0 Å². The molecule has 4 aromatic heterocycles. The van der Waals surface area contributed by atoms with Crippen molar-refractivity contribution >= 4 is 41.2 Å². The van der Waals surface area contributed by atoms with E-state index >= 15 is 0 Å². The predicted molar refractivity (Wildman–Crippen MR) is 132 cm³/mol. The summed E-state index contributed by atoms with van der Waals surface area (Å²) in [6, 6.07) is 11.9. The minimum absolute atomic E-state index is 0.152. The van der Waals surface area contributed by atoms with Crippen LogP contribution in [-0.4, -0.2) is 34.9 Å². The summed E-state index contributed by atoms with van der Waals surface area (Å²) in [6.07, 6.45) is 1.73. The zero-order valence-electron chi connectivity index (χ0n) is 18.5. The molecule has 0 fully saturated rings. The van der Waals surface area contributed by atoms with Gasteiger partial charge in [0, 0.05) is 13.1 Å². The number of nitrogen functional groups attached to an aromatic ring is 2. The Morgan fingerprint density at radius 1 is 1.03 bits per heavy atom. The molecule has 0 amide bonds. The van der Waals surface area contributed by atoms with E-state index in [1.165, 1.54) is 9.87 Å². The molecule has 0 saturated heterocycles. The molecule has 0 atom stereocenters. The standard InChI is InChI=1S/C22H22N10OS/c1-12-6-3-4-7-14(12)10-31-22-15(8-5-9-25-22)17(30-31)21-26-19(23)18(20(24)27-21)32(34)11-16-29-28-13(2)33-16/h3-9,34H,10-11H2,1-2H3,(H4,23,24,26,27). The monoisotopic (exact) mass is 474 g/mol. The van der Waals surface area contributed by atoms with Gasteiger partial charge in [-0.25, -0.2) is 19.6 Å². The van der Waals surface area contributed by atoms with E-state index in [0.717, 1.165) is 10.9 Å². The van der Waals surface area contributed by atoms with Crippen molar-refractivity contribution in [3.63, 3.8) is 0 Å². The van der Waals surface area contributed by atoms with Crippen LogP contribution in [0.4, 0.5) is 17.3 Å². The number of anilines is 3. The van der Waals surface area contributed by atoms with E-state index < -0.39 is 0 Å². The Morgan fingerprint density at radius 2 is 1.79 bits per heavy atom. The van der Waals surface area contributed by atoms with Gasteiger partial charge in [-0.3, -0.25) is 0 Å². The highest BCUT2D eigenvalue weighted by molar-refractivity contribution is 7.81. The number of pyridine rings is 1. The van der Waals surface area contributed by atoms with Gasteiger partial charge in [-0.15, -0.1) is 10.2 Å². The lowest BCUT2D eigenvalue weighted by atomic mass is 10.1. The molecule has 12 heteroatoms. The first-order valence-corrected chi connectivity index (χ1v) is 10.9. The van der Waals surface area contributed by atoms with Crippen molar-refractivity contribution in [2.24, 2.45) is 0 Å². The molecule has 5 aromatic rings. The van der Waals surface area contributed by atoms with Gasteiger partial charge in [-0.2, -0.15) is 5.10 Å². The fourth-order valence-electron chi connectivity index (χ4n) is 3.70. The predicted octanol–water partition coefficient (Wildman–Crippen LogP) is 2.95. The Balaban J connectivity index is 1.53. The summed E-state index contributed by atoms with van der Waals surface area (Å²) >= 11 is 4.47. The molecule has 34 heavy (non-hydrogen) atoms. The first kappa shape index (κ1) is 21.6. The molecule has 0 unspecified atom stereocenters. The Kier molecular flexibility index (Phi) is 5.49. The molecule has 0 aliphatic rings. The molecule has 0 aliphatic carbocycles. The Labute approximate surface area is 200 Å². The minimum Gasteiger partial charge on any atom is -0.424 e. The number of fused-ring (bicyclic) bond motifs is 1. The van der Waals surface area contributed by atoms with Crippen molar-refractivity contribution in [3.05, 3.63) is 65.5 Å². The van der Waals surface area contributed by atoms with Crippen LogP contribution < -0.4 is 15.8 Å². The number of hydrogen-bond donors (Lipinski definition) is 3. The normalized spacial score (nSPS) is 11.3. The van der Waals surface area contributed by atoms with Gasteiger partial charge in [0.2, 0.25) is 11.8 Å². The van der Waals surface area contributed by atoms with Gasteiger partial charge in [0.05, 0.1) is 11.9 Å². The van der Waals surface area contributed by atoms with Gasteiger partial charge in [-0.1, -0.05) is 37.1 Å². The average molecular weight is 475 g/mol. The smallest absolute Gasteiger partial charge is 0.236 e. The third-order valence-electron chi connectivity index (χ3n) is 5.35. The molecule has 0 saturated carbocycles. The van der Waals surface area contributed by atoms with E-state index in [1.54, 1.807) is 13.1 Å². The number of thiol groups is 1. The Bertz CT molecular complexity index is 1470. The lowest BCUT2D eigenvalue weighted by molar-refractivity contribution is 0.471.